The van der Waals surface area contributed by atoms with Crippen molar-refractivity contribution in [1.29, 1.82) is 0 Å². The minimum absolute atomic E-state index is 0.0592. The van der Waals surface area contributed by atoms with Crippen molar-refractivity contribution in [2.45, 2.75) is 19.1 Å². The van der Waals surface area contributed by atoms with E-state index in [2.05, 4.69) is 4.98 Å². The molecule has 132 valence electrons. The zero-order valence-corrected chi connectivity index (χ0v) is 14.1. The van der Waals surface area contributed by atoms with Gasteiger partial charge >= 0.3 is 6.18 Å². The summed E-state index contributed by atoms with van der Waals surface area (Å²) in [6.45, 7) is 0.389. The van der Waals surface area contributed by atoms with E-state index in [4.69, 9.17) is 11.6 Å². The maximum Gasteiger partial charge on any atom is 0.416 e. The van der Waals surface area contributed by atoms with Gasteiger partial charge in [-0.3, -0.25) is 9.36 Å². The van der Waals surface area contributed by atoms with E-state index in [1.807, 2.05) is 0 Å². The highest BCUT2D eigenvalue weighted by atomic mass is 35.5. The predicted molar refractivity (Wildman–Crippen MR) is 94.9 cm³/mol. The lowest BCUT2D eigenvalue weighted by atomic mass is 10.0. The number of fused-ring (bicyclic) bond motifs is 2. The Morgan fingerprint density at radius 3 is 2.69 bits per heavy atom. The second-order valence-corrected chi connectivity index (χ2v) is 6.49. The fraction of sp³-hybridized carbons (Fsp3) is 0.158. The molecule has 0 fully saturated rings. The summed E-state index contributed by atoms with van der Waals surface area (Å²) in [5, 5.41) is 0.885. The number of aromatic nitrogens is 2. The van der Waals surface area contributed by atoms with Crippen LogP contribution >= 0.6 is 11.6 Å². The minimum Gasteiger partial charge on any atom is -0.292 e. The van der Waals surface area contributed by atoms with Crippen LogP contribution in [0, 0.1) is 0 Å². The SMILES string of the molecule is O=c1c2ccc(Cl)cc2nc2n1CC/C2=C\c1ccccc1C(F)(F)F. The van der Waals surface area contributed by atoms with Crippen molar-refractivity contribution in [3.05, 3.63) is 74.8 Å². The van der Waals surface area contributed by atoms with Crippen molar-refractivity contribution in [2.75, 3.05) is 0 Å². The summed E-state index contributed by atoms with van der Waals surface area (Å²) in [6, 6.07) is 10.2. The number of hydrogen-bond donors (Lipinski definition) is 0. The molecule has 2 aromatic carbocycles. The molecule has 0 saturated heterocycles. The molecule has 0 saturated carbocycles. The van der Waals surface area contributed by atoms with Gasteiger partial charge in [0, 0.05) is 11.6 Å². The molecule has 0 radical (unpaired) electrons. The van der Waals surface area contributed by atoms with Crippen molar-refractivity contribution in [3.63, 3.8) is 0 Å². The molecular formula is C19H12ClF3N2O. The van der Waals surface area contributed by atoms with Crippen molar-refractivity contribution < 1.29 is 13.2 Å². The van der Waals surface area contributed by atoms with E-state index in [0.29, 0.717) is 40.3 Å². The normalized spacial score (nSPS) is 15.6. The number of hydrogen-bond acceptors (Lipinski definition) is 2. The van der Waals surface area contributed by atoms with Gasteiger partial charge in [-0.25, -0.2) is 4.98 Å². The molecule has 0 N–H and O–H groups in total. The van der Waals surface area contributed by atoms with E-state index >= 15 is 0 Å². The summed E-state index contributed by atoms with van der Waals surface area (Å²) < 4.78 is 41.2. The molecule has 1 aliphatic heterocycles. The van der Waals surface area contributed by atoms with Gasteiger partial charge in [0.1, 0.15) is 5.82 Å². The monoisotopic (exact) mass is 376 g/mol. The van der Waals surface area contributed by atoms with Gasteiger partial charge in [0.2, 0.25) is 0 Å². The molecule has 0 bridgehead atoms. The van der Waals surface area contributed by atoms with Gasteiger partial charge in [0.15, 0.2) is 0 Å². The standard InChI is InChI=1S/C19H12ClF3N2O/c20-13-5-6-14-16(10-13)24-17-12(7-8-25(17)18(14)26)9-11-3-1-2-4-15(11)19(21,22)23/h1-6,9-10H,7-8H2/b12-9+. The highest BCUT2D eigenvalue weighted by Gasteiger charge is 2.33. The summed E-state index contributed by atoms with van der Waals surface area (Å²) >= 11 is 5.97. The molecule has 0 spiro atoms. The van der Waals surface area contributed by atoms with Crippen molar-refractivity contribution in [2.24, 2.45) is 0 Å². The Bertz CT molecular complexity index is 1120. The lowest BCUT2D eigenvalue weighted by Crippen LogP contribution is -2.20. The zero-order chi connectivity index (χ0) is 18.5. The first-order chi connectivity index (χ1) is 12.3. The van der Waals surface area contributed by atoms with Gasteiger partial charge in [-0.2, -0.15) is 13.2 Å². The van der Waals surface area contributed by atoms with Crippen LogP contribution < -0.4 is 5.56 Å². The molecule has 3 nitrogen and oxygen atoms in total. The largest absolute Gasteiger partial charge is 0.416 e. The van der Waals surface area contributed by atoms with Gasteiger partial charge in [0.05, 0.1) is 16.5 Å². The number of benzene rings is 2. The zero-order valence-electron chi connectivity index (χ0n) is 13.3. The van der Waals surface area contributed by atoms with Crippen LogP contribution in [0.3, 0.4) is 0 Å². The van der Waals surface area contributed by atoms with Gasteiger partial charge in [0.25, 0.3) is 5.56 Å². The fourth-order valence-corrected chi connectivity index (χ4v) is 3.36. The molecule has 7 heteroatoms. The third-order valence-corrected chi connectivity index (χ3v) is 4.64. The molecule has 26 heavy (non-hydrogen) atoms. The maximum atomic E-state index is 13.2. The van der Waals surface area contributed by atoms with Crippen molar-refractivity contribution in [1.82, 2.24) is 9.55 Å². The maximum absolute atomic E-state index is 13.2. The molecule has 0 aliphatic carbocycles. The smallest absolute Gasteiger partial charge is 0.292 e. The van der Waals surface area contributed by atoms with Crippen LogP contribution in [0.15, 0.2) is 47.3 Å². The Morgan fingerprint density at radius 2 is 1.92 bits per heavy atom. The quantitative estimate of drug-likeness (QED) is 0.598. The third-order valence-electron chi connectivity index (χ3n) is 4.41. The van der Waals surface area contributed by atoms with Gasteiger partial charge in [-0.15, -0.1) is 0 Å². The second kappa shape index (κ2) is 5.99. The Labute approximate surface area is 151 Å². The molecular weight excluding hydrogens is 365 g/mol. The number of halogens is 4. The van der Waals surface area contributed by atoms with Crippen LogP contribution in [0.4, 0.5) is 13.2 Å². The van der Waals surface area contributed by atoms with Crippen LogP contribution in [0.2, 0.25) is 5.02 Å². The average molecular weight is 377 g/mol. The summed E-state index contributed by atoms with van der Waals surface area (Å²) in [6.07, 6.45) is -2.54. The first-order valence-corrected chi connectivity index (χ1v) is 8.29. The summed E-state index contributed by atoms with van der Waals surface area (Å²) in [5.41, 5.74) is 0.168. The highest BCUT2D eigenvalue weighted by Crippen LogP contribution is 2.35. The number of nitrogens with zero attached hydrogens (tertiary/aromatic N) is 2. The Balaban J connectivity index is 1.91. The van der Waals surface area contributed by atoms with E-state index in [1.165, 1.54) is 22.8 Å². The van der Waals surface area contributed by atoms with Gasteiger partial charge in [-0.1, -0.05) is 29.8 Å². The number of alkyl halides is 3. The number of allylic oxidation sites excluding steroid dienone is 1. The fourth-order valence-electron chi connectivity index (χ4n) is 3.20. The van der Waals surface area contributed by atoms with E-state index < -0.39 is 11.7 Å². The van der Waals surface area contributed by atoms with Crippen LogP contribution in [-0.4, -0.2) is 9.55 Å². The van der Waals surface area contributed by atoms with Gasteiger partial charge in [-0.05, 0) is 47.9 Å². The summed E-state index contributed by atoms with van der Waals surface area (Å²) in [5.74, 6) is 0.391. The third kappa shape index (κ3) is 2.80. The highest BCUT2D eigenvalue weighted by molar-refractivity contribution is 6.31. The van der Waals surface area contributed by atoms with Crippen LogP contribution in [0.5, 0.6) is 0 Å². The molecule has 2 heterocycles. The topological polar surface area (TPSA) is 34.9 Å². The first-order valence-electron chi connectivity index (χ1n) is 7.92. The molecule has 3 aromatic rings. The van der Waals surface area contributed by atoms with Crippen LogP contribution in [0.25, 0.3) is 22.6 Å². The lowest BCUT2D eigenvalue weighted by Gasteiger charge is -2.11. The Kier molecular flexibility index (Phi) is 3.88. The van der Waals surface area contributed by atoms with E-state index in [0.717, 1.165) is 6.07 Å². The van der Waals surface area contributed by atoms with Crippen molar-refractivity contribution >= 4 is 34.2 Å². The lowest BCUT2D eigenvalue weighted by molar-refractivity contribution is -0.137. The average Bonchev–Trinajstić information content (AvgIpc) is 2.97. The Morgan fingerprint density at radius 1 is 1.15 bits per heavy atom. The van der Waals surface area contributed by atoms with E-state index in [1.54, 1.807) is 24.3 Å². The Hall–Kier alpha value is -2.60. The number of rotatable bonds is 1. The molecule has 0 atom stereocenters. The predicted octanol–water partition coefficient (Wildman–Crippen LogP) is 5.01. The second-order valence-electron chi connectivity index (χ2n) is 6.06. The van der Waals surface area contributed by atoms with Crippen LogP contribution in [-0.2, 0) is 12.7 Å². The molecule has 1 aromatic heterocycles. The summed E-state index contributed by atoms with van der Waals surface area (Å²) in [7, 11) is 0. The molecule has 1 aliphatic rings. The van der Waals surface area contributed by atoms with E-state index in [-0.39, 0.29) is 11.1 Å². The molecule has 0 unspecified atom stereocenters. The first kappa shape index (κ1) is 16.8. The minimum atomic E-state index is -4.45. The molecule has 4 rings (SSSR count). The van der Waals surface area contributed by atoms with Gasteiger partial charge < -0.3 is 0 Å². The summed E-state index contributed by atoms with van der Waals surface area (Å²) in [4.78, 5) is 17.1. The molecule has 0 amide bonds. The van der Waals surface area contributed by atoms with Crippen molar-refractivity contribution in [3.8, 4) is 0 Å². The van der Waals surface area contributed by atoms with Crippen LogP contribution in [0.1, 0.15) is 23.4 Å². The van der Waals surface area contributed by atoms with E-state index in [9.17, 15) is 18.0 Å².